The van der Waals surface area contributed by atoms with E-state index in [9.17, 15) is 4.79 Å². The van der Waals surface area contributed by atoms with Gasteiger partial charge in [-0.15, -0.1) is 0 Å². The highest BCUT2D eigenvalue weighted by molar-refractivity contribution is 7.80. The summed E-state index contributed by atoms with van der Waals surface area (Å²) in [6, 6.07) is 11.5. The van der Waals surface area contributed by atoms with Gasteiger partial charge < -0.3 is 25.1 Å². The molecule has 0 fully saturated rings. The first-order valence-electron chi connectivity index (χ1n) is 9.32. The molecule has 1 aromatic heterocycles. The monoisotopic (exact) mass is 411 g/mol. The van der Waals surface area contributed by atoms with Crippen LogP contribution in [-0.2, 0) is 6.42 Å². The fourth-order valence-corrected chi connectivity index (χ4v) is 3.36. The van der Waals surface area contributed by atoms with Crippen molar-refractivity contribution in [2.75, 3.05) is 26.1 Å². The molecule has 0 saturated carbocycles. The largest absolute Gasteiger partial charge is 0.497 e. The molecule has 6 nitrogen and oxygen atoms in total. The molecule has 152 valence electrons. The highest BCUT2D eigenvalue weighted by atomic mass is 32.1. The van der Waals surface area contributed by atoms with Crippen molar-refractivity contribution < 1.29 is 9.47 Å². The smallest absolute Gasteiger partial charge is 0.251 e. The number of ether oxygens (including phenoxy) is 2. The van der Waals surface area contributed by atoms with Crippen LogP contribution in [0.2, 0.25) is 0 Å². The minimum absolute atomic E-state index is 0.0682. The van der Waals surface area contributed by atoms with Gasteiger partial charge in [-0.2, -0.15) is 0 Å². The van der Waals surface area contributed by atoms with Gasteiger partial charge in [-0.05, 0) is 67.2 Å². The first-order valence-corrected chi connectivity index (χ1v) is 9.72. The quantitative estimate of drug-likeness (QED) is 0.537. The second kappa shape index (κ2) is 8.96. The molecule has 0 aliphatic rings. The van der Waals surface area contributed by atoms with Crippen molar-refractivity contribution in [1.82, 2.24) is 10.3 Å². The number of thiocarbonyl (C=S) groups is 1. The van der Waals surface area contributed by atoms with Crippen molar-refractivity contribution in [2.45, 2.75) is 20.3 Å². The summed E-state index contributed by atoms with van der Waals surface area (Å²) in [4.78, 5) is 15.5. The normalized spacial score (nSPS) is 10.6. The van der Waals surface area contributed by atoms with E-state index in [1.165, 1.54) is 0 Å². The molecule has 7 heteroatoms. The zero-order valence-corrected chi connectivity index (χ0v) is 17.8. The number of H-pyrrole nitrogens is 1. The number of fused-ring (bicyclic) bond motifs is 1. The van der Waals surface area contributed by atoms with Gasteiger partial charge in [0.25, 0.3) is 5.56 Å². The average Bonchev–Trinajstić information content (AvgIpc) is 2.71. The zero-order valence-electron chi connectivity index (χ0n) is 17.0. The standard InChI is InChI=1S/C22H25N3O3S/c1-13-5-6-15-11-16(21(26)25-20(15)14(13)2)9-10-23-22(29)24-18-12-17(27-3)7-8-19(18)28-4/h5-8,11-12H,9-10H2,1-4H3,(H,25,26)(H2,23,24,29). The number of methoxy groups -OCH3 is 2. The molecule has 0 atom stereocenters. The molecule has 3 rings (SSSR count). The number of aromatic amines is 1. The molecule has 3 N–H and O–H groups in total. The molecule has 1 heterocycles. The van der Waals surface area contributed by atoms with Crippen molar-refractivity contribution in [3.8, 4) is 11.5 Å². The summed E-state index contributed by atoms with van der Waals surface area (Å²) < 4.78 is 10.6. The van der Waals surface area contributed by atoms with Crippen LogP contribution in [-0.4, -0.2) is 30.9 Å². The second-order valence-corrected chi connectivity index (χ2v) is 7.20. The van der Waals surface area contributed by atoms with Crippen LogP contribution in [0.1, 0.15) is 16.7 Å². The summed E-state index contributed by atoms with van der Waals surface area (Å²) >= 11 is 5.38. The van der Waals surface area contributed by atoms with E-state index in [-0.39, 0.29) is 5.56 Å². The van der Waals surface area contributed by atoms with E-state index in [0.29, 0.717) is 35.3 Å². The van der Waals surface area contributed by atoms with Crippen LogP contribution >= 0.6 is 12.2 Å². The third kappa shape index (κ3) is 4.68. The molecular weight excluding hydrogens is 386 g/mol. The van der Waals surface area contributed by atoms with Gasteiger partial charge in [0.05, 0.1) is 25.4 Å². The Morgan fingerprint density at radius 3 is 2.62 bits per heavy atom. The lowest BCUT2D eigenvalue weighted by Crippen LogP contribution is -2.31. The molecule has 2 aromatic carbocycles. The third-order valence-corrected chi connectivity index (χ3v) is 5.21. The van der Waals surface area contributed by atoms with Crippen LogP contribution in [0, 0.1) is 13.8 Å². The summed E-state index contributed by atoms with van der Waals surface area (Å²) in [5.74, 6) is 1.36. The number of pyridine rings is 1. The Labute approximate surface area is 175 Å². The first-order chi connectivity index (χ1) is 13.9. The number of nitrogens with one attached hydrogen (secondary N) is 3. The fourth-order valence-electron chi connectivity index (χ4n) is 3.14. The van der Waals surface area contributed by atoms with Crippen LogP contribution in [0.3, 0.4) is 0 Å². The Bertz CT molecular complexity index is 1110. The Balaban J connectivity index is 1.66. The van der Waals surface area contributed by atoms with Crippen molar-refractivity contribution in [3.63, 3.8) is 0 Å². The number of rotatable bonds is 6. The zero-order chi connectivity index (χ0) is 21.0. The molecular formula is C22H25N3O3S. The summed E-state index contributed by atoms with van der Waals surface area (Å²) in [5, 5.41) is 7.72. The minimum Gasteiger partial charge on any atom is -0.497 e. The molecule has 0 spiro atoms. The maximum atomic E-state index is 12.5. The van der Waals surface area contributed by atoms with Crippen LogP contribution in [0.25, 0.3) is 10.9 Å². The Hall–Kier alpha value is -3.06. The van der Waals surface area contributed by atoms with Crippen molar-refractivity contribution in [3.05, 3.63) is 63.4 Å². The van der Waals surface area contributed by atoms with Gasteiger partial charge in [-0.25, -0.2) is 0 Å². The van der Waals surface area contributed by atoms with E-state index < -0.39 is 0 Å². The topological polar surface area (TPSA) is 75.4 Å². The van der Waals surface area contributed by atoms with Crippen LogP contribution in [0.5, 0.6) is 11.5 Å². The third-order valence-electron chi connectivity index (χ3n) is 4.96. The number of anilines is 1. The number of benzene rings is 2. The Kier molecular flexibility index (Phi) is 6.39. The lowest BCUT2D eigenvalue weighted by molar-refractivity contribution is 0.405. The maximum absolute atomic E-state index is 12.5. The summed E-state index contributed by atoms with van der Waals surface area (Å²) in [5.41, 5.74) is 4.51. The summed E-state index contributed by atoms with van der Waals surface area (Å²) in [7, 11) is 3.20. The molecule has 3 aromatic rings. The highest BCUT2D eigenvalue weighted by Gasteiger charge is 2.09. The van der Waals surface area contributed by atoms with Gasteiger partial charge in [-0.3, -0.25) is 4.79 Å². The van der Waals surface area contributed by atoms with E-state index in [0.717, 1.165) is 27.6 Å². The number of hydrogen-bond donors (Lipinski definition) is 3. The molecule has 0 bridgehead atoms. The van der Waals surface area contributed by atoms with Crippen LogP contribution in [0.15, 0.2) is 41.2 Å². The van der Waals surface area contributed by atoms with Crippen molar-refractivity contribution >= 4 is 33.9 Å². The second-order valence-electron chi connectivity index (χ2n) is 6.79. The molecule has 29 heavy (non-hydrogen) atoms. The van der Waals surface area contributed by atoms with Crippen LogP contribution in [0.4, 0.5) is 5.69 Å². The Morgan fingerprint density at radius 2 is 1.90 bits per heavy atom. The van der Waals surface area contributed by atoms with Gasteiger partial charge in [0, 0.05) is 18.2 Å². The van der Waals surface area contributed by atoms with E-state index in [1.54, 1.807) is 14.2 Å². The van der Waals surface area contributed by atoms with E-state index in [1.807, 2.05) is 44.2 Å². The lowest BCUT2D eigenvalue weighted by Gasteiger charge is -2.14. The minimum atomic E-state index is -0.0682. The van der Waals surface area contributed by atoms with Crippen molar-refractivity contribution in [1.29, 1.82) is 0 Å². The predicted octanol–water partition coefficient (Wildman–Crippen LogP) is 3.69. The molecule has 0 unspecified atom stereocenters. The molecule has 0 saturated heterocycles. The van der Waals surface area contributed by atoms with Gasteiger partial charge in [0.1, 0.15) is 11.5 Å². The molecule has 0 aliphatic heterocycles. The Morgan fingerprint density at radius 1 is 1.10 bits per heavy atom. The van der Waals surface area contributed by atoms with Crippen LogP contribution < -0.4 is 25.7 Å². The summed E-state index contributed by atoms with van der Waals surface area (Å²) in [6.45, 7) is 4.58. The molecule has 0 aliphatic carbocycles. The lowest BCUT2D eigenvalue weighted by atomic mass is 10.0. The van der Waals surface area contributed by atoms with Gasteiger partial charge >= 0.3 is 0 Å². The summed E-state index contributed by atoms with van der Waals surface area (Å²) in [6.07, 6.45) is 0.551. The number of aromatic nitrogens is 1. The highest BCUT2D eigenvalue weighted by Crippen LogP contribution is 2.28. The van der Waals surface area contributed by atoms with Gasteiger partial charge in [0.2, 0.25) is 0 Å². The fraction of sp³-hybridized carbons (Fsp3) is 0.273. The number of hydrogen-bond acceptors (Lipinski definition) is 4. The first kappa shape index (κ1) is 20.7. The predicted molar refractivity (Wildman–Crippen MR) is 122 cm³/mol. The SMILES string of the molecule is COc1ccc(OC)c(NC(=S)NCCc2cc3ccc(C)c(C)c3[nH]c2=O)c1. The van der Waals surface area contributed by atoms with E-state index in [4.69, 9.17) is 21.7 Å². The van der Waals surface area contributed by atoms with Gasteiger partial charge in [-0.1, -0.05) is 12.1 Å². The average molecular weight is 412 g/mol. The van der Waals surface area contributed by atoms with Gasteiger partial charge in [0.15, 0.2) is 5.11 Å². The van der Waals surface area contributed by atoms with Crippen molar-refractivity contribution in [2.24, 2.45) is 0 Å². The number of aryl methyl sites for hydroxylation is 2. The molecule has 0 amide bonds. The molecule has 0 radical (unpaired) electrons. The van der Waals surface area contributed by atoms with E-state index >= 15 is 0 Å². The maximum Gasteiger partial charge on any atom is 0.251 e. The van der Waals surface area contributed by atoms with E-state index in [2.05, 4.69) is 21.7 Å².